The van der Waals surface area contributed by atoms with E-state index in [0.29, 0.717) is 0 Å². The van der Waals surface area contributed by atoms with Crippen LogP contribution >= 0.6 is 0 Å². The highest BCUT2D eigenvalue weighted by molar-refractivity contribution is 6.89. The molecule has 0 aromatic rings. The Morgan fingerprint density at radius 1 is 0.333 bits per heavy atom. The quantitative estimate of drug-likeness (QED) is 0.113. The smallest absolute Gasteiger partial charge is 0.323 e. The summed E-state index contributed by atoms with van der Waals surface area (Å²) in [4.78, 5) is 0. The fraction of sp³-hybridized carbons (Fsp3) is 1.00. The Bertz CT molecular complexity index is 1000. The second-order valence-electron chi connectivity index (χ2n) is 22.8. The van der Waals surface area contributed by atoms with Crippen LogP contribution in [0.15, 0.2) is 0 Å². The van der Waals surface area contributed by atoms with Crippen LogP contribution in [0.2, 0.25) is 126 Å². The summed E-state index contributed by atoms with van der Waals surface area (Å²) in [6.45, 7) is 59.1. The topological polar surface area (TPSA) is 64.6 Å². The zero-order chi connectivity index (χ0) is 41.2. The SMILES string of the molecule is CC(C)(C)O[Si](C)(C)O[Si](C)(CCC[Si](C)(C)O[Si](C)(C)CCC[Si](C)(O[Si](C)(C)OC(C)(C)C)O[Si](C)(C)C(C)(C)C)O[Si](C)(C)C(C)(C)C. The van der Waals surface area contributed by atoms with Crippen molar-refractivity contribution in [2.24, 2.45) is 0 Å². The minimum atomic E-state index is -2.55. The first-order chi connectivity index (χ1) is 21.9. The van der Waals surface area contributed by atoms with E-state index in [9.17, 15) is 0 Å². The summed E-state index contributed by atoms with van der Waals surface area (Å²) < 4.78 is 48.9. The van der Waals surface area contributed by atoms with Crippen LogP contribution in [0.1, 0.15) is 95.9 Å². The average molecular weight is 860 g/mol. The van der Waals surface area contributed by atoms with E-state index < -0.39 is 67.5 Å². The summed E-state index contributed by atoms with van der Waals surface area (Å²) in [6.07, 6.45) is 2.13. The number of hydrogen-bond acceptors (Lipinski definition) is 7. The van der Waals surface area contributed by atoms with Gasteiger partial charge in [0, 0.05) is 0 Å². The van der Waals surface area contributed by atoms with Crippen molar-refractivity contribution in [3.05, 3.63) is 0 Å². The molecule has 2 atom stereocenters. The monoisotopic (exact) mass is 858 g/mol. The lowest BCUT2D eigenvalue weighted by Crippen LogP contribution is -2.58. The lowest BCUT2D eigenvalue weighted by atomic mass is 10.2. The summed E-state index contributed by atoms with van der Waals surface area (Å²) in [5.74, 6) is 0. The Labute approximate surface area is 328 Å². The zero-order valence-corrected chi connectivity index (χ0v) is 47.1. The van der Waals surface area contributed by atoms with Crippen LogP contribution < -0.4 is 0 Å². The van der Waals surface area contributed by atoms with Gasteiger partial charge in [-0.15, -0.1) is 0 Å². The van der Waals surface area contributed by atoms with Gasteiger partial charge in [0.25, 0.3) is 0 Å². The molecule has 0 amide bonds. The van der Waals surface area contributed by atoms with Crippen molar-refractivity contribution in [3.8, 4) is 0 Å². The molecule has 15 heteroatoms. The van der Waals surface area contributed by atoms with Crippen molar-refractivity contribution in [2.75, 3.05) is 0 Å². The minimum absolute atomic E-state index is 0.116. The molecule has 0 aliphatic heterocycles. The van der Waals surface area contributed by atoms with E-state index in [-0.39, 0.29) is 21.3 Å². The third kappa shape index (κ3) is 21.0. The Morgan fingerprint density at radius 3 is 0.804 bits per heavy atom. The molecule has 0 radical (unpaired) electrons. The van der Waals surface area contributed by atoms with Crippen LogP contribution in [0.3, 0.4) is 0 Å². The first-order valence-electron chi connectivity index (χ1n) is 19.8. The molecule has 0 spiro atoms. The average Bonchev–Trinajstić information content (AvgIpc) is 2.70. The Kier molecular flexibility index (Phi) is 18.0. The van der Waals surface area contributed by atoms with Crippen LogP contribution in [0.25, 0.3) is 0 Å². The van der Waals surface area contributed by atoms with Crippen molar-refractivity contribution in [1.29, 1.82) is 0 Å². The molecule has 0 aliphatic carbocycles. The molecule has 0 heterocycles. The maximum Gasteiger partial charge on any atom is 0.323 e. The van der Waals surface area contributed by atoms with Crippen LogP contribution in [0.4, 0.5) is 0 Å². The van der Waals surface area contributed by atoms with Gasteiger partial charge in [0.2, 0.25) is 0 Å². The highest BCUT2D eigenvalue weighted by Crippen LogP contribution is 2.42. The molecule has 0 saturated heterocycles. The molecule has 0 aromatic heterocycles. The fourth-order valence-electron chi connectivity index (χ4n) is 6.71. The van der Waals surface area contributed by atoms with Crippen molar-refractivity contribution in [2.45, 2.75) is 233 Å². The van der Waals surface area contributed by atoms with Gasteiger partial charge in [0.05, 0.1) is 11.2 Å². The standard InChI is InChI=1S/C36H90O7Si8/c1-33(2,3)37-48(21,22)42-50(25,40-46(17,18)35(7,8)9)31-27-29-44(13,14)39-45(15,16)30-28-32-51(26,41-47(19,20)36(10,11)12)43-49(23,24)38-34(4,5)6/h27-32H2,1-26H3. The van der Waals surface area contributed by atoms with Gasteiger partial charge >= 0.3 is 34.2 Å². The third-order valence-electron chi connectivity index (χ3n) is 9.95. The van der Waals surface area contributed by atoms with Crippen LogP contribution in [0.5, 0.6) is 0 Å². The van der Waals surface area contributed by atoms with Gasteiger partial charge in [-0.05, 0) is 167 Å². The number of hydrogen-bond donors (Lipinski definition) is 0. The molecular formula is C36H90O7Si8. The van der Waals surface area contributed by atoms with Crippen LogP contribution in [-0.2, 0) is 29.4 Å². The van der Waals surface area contributed by atoms with E-state index in [1.807, 2.05) is 0 Å². The van der Waals surface area contributed by atoms with E-state index in [1.165, 1.54) is 0 Å². The maximum absolute atomic E-state index is 7.23. The van der Waals surface area contributed by atoms with Gasteiger partial charge in [-0.25, -0.2) is 0 Å². The predicted octanol–water partition coefficient (Wildman–Crippen LogP) is 13.4. The van der Waals surface area contributed by atoms with Gasteiger partial charge in [-0.1, -0.05) is 54.4 Å². The Hall–Kier alpha value is 1.46. The predicted molar refractivity (Wildman–Crippen MR) is 243 cm³/mol. The summed E-state index contributed by atoms with van der Waals surface area (Å²) in [6, 6.07) is 4.14. The van der Waals surface area contributed by atoms with Gasteiger partial charge in [-0.2, -0.15) is 0 Å². The molecule has 0 rings (SSSR count). The molecule has 0 bridgehead atoms. The summed E-state index contributed by atoms with van der Waals surface area (Å²) in [7, 11) is -17.9. The second-order valence-corrected chi connectivity index (χ2v) is 55.5. The molecule has 7 nitrogen and oxygen atoms in total. The molecule has 0 aromatic carbocycles. The van der Waals surface area contributed by atoms with Crippen molar-refractivity contribution < 1.29 is 29.4 Å². The van der Waals surface area contributed by atoms with Crippen molar-refractivity contribution >= 4 is 67.5 Å². The molecule has 0 fully saturated rings. The van der Waals surface area contributed by atoms with Gasteiger partial charge in [-0.3, -0.25) is 0 Å². The lowest BCUT2D eigenvalue weighted by molar-refractivity contribution is 0.0872. The first-order valence-corrected chi connectivity index (χ1v) is 42.5. The van der Waals surface area contributed by atoms with Crippen molar-refractivity contribution in [3.63, 3.8) is 0 Å². The van der Waals surface area contributed by atoms with E-state index in [2.05, 4.69) is 175 Å². The summed E-state index contributed by atoms with van der Waals surface area (Å²) in [5.41, 5.74) is -0.496. The van der Waals surface area contributed by atoms with Crippen molar-refractivity contribution in [1.82, 2.24) is 0 Å². The summed E-state index contributed by atoms with van der Waals surface area (Å²) >= 11 is 0. The lowest BCUT2D eigenvalue weighted by Gasteiger charge is -2.46. The molecule has 0 saturated carbocycles. The Balaban J connectivity index is 5.89. The molecule has 51 heavy (non-hydrogen) atoms. The highest BCUT2D eigenvalue weighted by Gasteiger charge is 2.51. The normalized spacial score (nSPS) is 17.8. The Morgan fingerprint density at radius 2 is 0.588 bits per heavy atom. The molecule has 308 valence electrons. The fourth-order valence-corrected chi connectivity index (χ4v) is 43.3. The van der Waals surface area contributed by atoms with E-state index in [1.54, 1.807) is 0 Å². The maximum atomic E-state index is 7.23. The third-order valence-corrected chi connectivity index (χ3v) is 44.4. The van der Waals surface area contributed by atoms with Crippen LogP contribution in [0, 0.1) is 0 Å². The zero-order valence-electron chi connectivity index (χ0n) is 39.1. The second kappa shape index (κ2) is 17.5. The van der Waals surface area contributed by atoms with E-state index in [4.69, 9.17) is 29.4 Å². The largest absolute Gasteiger partial charge is 0.455 e. The molecular weight excluding hydrogens is 769 g/mol. The van der Waals surface area contributed by atoms with E-state index >= 15 is 0 Å². The van der Waals surface area contributed by atoms with Gasteiger partial charge < -0.3 is 29.4 Å². The molecule has 2 unspecified atom stereocenters. The molecule has 0 aliphatic rings. The number of rotatable bonds is 20. The highest BCUT2D eigenvalue weighted by atomic mass is 28.5. The van der Waals surface area contributed by atoms with Gasteiger partial charge in [0.1, 0.15) is 0 Å². The van der Waals surface area contributed by atoms with E-state index in [0.717, 1.165) is 37.0 Å². The van der Waals surface area contributed by atoms with Crippen LogP contribution in [-0.4, -0.2) is 78.7 Å². The molecule has 0 N–H and O–H groups in total. The first kappa shape index (κ1) is 52.5. The van der Waals surface area contributed by atoms with Gasteiger partial charge in [0.15, 0.2) is 33.3 Å². The summed E-state index contributed by atoms with van der Waals surface area (Å²) in [5, 5.41) is 0.233. The minimum Gasteiger partial charge on any atom is -0.455 e.